The maximum absolute atomic E-state index is 14.5. The van der Waals surface area contributed by atoms with Crippen LogP contribution in [0.2, 0.25) is 0 Å². The van der Waals surface area contributed by atoms with Crippen molar-refractivity contribution >= 4 is 48.3 Å². The van der Waals surface area contributed by atoms with E-state index in [0.717, 1.165) is 16.7 Å². The Balaban J connectivity index is 1.70. The first-order chi connectivity index (χ1) is 20.9. The van der Waals surface area contributed by atoms with Gasteiger partial charge in [0.2, 0.25) is 0 Å². The lowest BCUT2D eigenvalue weighted by Gasteiger charge is -2.20. The molecular weight excluding hydrogens is 615 g/mol. The highest BCUT2D eigenvalue weighted by Gasteiger charge is 2.50. The van der Waals surface area contributed by atoms with Crippen LogP contribution in [0.3, 0.4) is 0 Å². The van der Waals surface area contributed by atoms with Gasteiger partial charge in [0.1, 0.15) is 11.3 Å². The molecule has 0 radical (unpaired) electrons. The maximum atomic E-state index is 14.5. The first-order valence-corrected chi connectivity index (χ1v) is 16.3. The van der Waals surface area contributed by atoms with E-state index >= 15 is 0 Å². The standard InChI is InChI=1S/C30H30F3N5O4S2/c1-17(2)35-26-25(29(39)37(23-10-13-43-27(23)26)16-18-4-6-21(42-3)7-5-18)28-36-22-14-19-8-11-34-12-9-20(19)15-24(22)38(28)44(40,41)30(31,32)33/h4-7,10,13-15,17,34-35H,8-9,11-12,16H2,1-3H3. The fourth-order valence-corrected chi connectivity index (χ4v) is 7.48. The number of benzene rings is 2. The largest absolute Gasteiger partial charge is 0.517 e. The van der Waals surface area contributed by atoms with Gasteiger partial charge >= 0.3 is 15.5 Å². The number of pyridine rings is 1. The van der Waals surface area contributed by atoms with Crippen LogP contribution in [0.4, 0.5) is 18.9 Å². The van der Waals surface area contributed by atoms with Crippen LogP contribution in [0.5, 0.6) is 5.75 Å². The molecule has 1 aliphatic heterocycles. The lowest BCUT2D eigenvalue weighted by atomic mass is 10.0. The average Bonchev–Trinajstić information content (AvgIpc) is 3.52. The summed E-state index contributed by atoms with van der Waals surface area (Å²) in [5, 5.41) is 8.24. The van der Waals surface area contributed by atoms with Crippen molar-refractivity contribution in [2.45, 2.75) is 44.8 Å². The molecule has 232 valence electrons. The van der Waals surface area contributed by atoms with E-state index in [2.05, 4.69) is 15.6 Å². The molecule has 5 aromatic rings. The van der Waals surface area contributed by atoms with Crippen LogP contribution in [-0.2, 0) is 29.4 Å². The molecule has 2 N–H and O–H groups in total. The Morgan fingerprint density at radius 2 is 1.75 bits per heavy atom. The third kappa shape index (κ3) is 5.14. The van der Waals surface area contributed by atoms with E-state index in [9.17, 15) is 26.4 Å². The number of methoxy groups -OCH3 is 1. The molecule has 1 aliphatic rings. The van der Waals surface area contributed by atoms with Gasteiger partial charge in [0.25, 0.3) is 5.56 Å². The number of rotatable bonds is 7. The van der Waals surface area contributed by atoms with Crippen molar-refractivity contribution in [3.8, 4) is 17.1 Å². The summed E-state index contributed by atoms with van der Waals surface area (Å²) < 4.78 is 77.0. The number of aromatic nitrogens is 3. The third-order valence-electron chi connectivity index (χ3n) is 7.64. The van der Waals surface area contributed by atoms with Gasteiger partial charge in [-0.25, -0.2) is 8.96 Å². The summed E-state index contributed by atoms with van der Waals surface area (Å²) >= 11 is 1.29. The minimum atomic E-state index is -6.00. The molecule has 44 heavy (non-hydrogen) atoms. The number of imidazole rings is 1. The van der Waals surface area contributed by atoms with Crippen molar-refractivity contribution in [2.24, 2.45) is 0 Å². The first-order valence-electron chi connectivity index (χ1n) is 14.0. The molecule has 0 aliphatic carbocycles. The number of hydrogen-bond acceptors (Lipinski definition) is 8. The fraction of sp³-hybridized carbons (Fsp3) is 0.333. The summed E-state index contributed by atoms with van der Waals surface area (Å²) in [5.41, 5.74) is -3.58. The van der Waals surface area contributed by atoms with Gasteiger partial charge in [-0.15, -0.1) is 11.3 Å². The summed E-state index contributed by atoms with van der Waals surface area (Å²) in [6, 6.07) is 11.7. The lowest BCUT2D eigenvalue weighted by Crippen LogP contribution is -2.32. The second-order valence-corrected chi connectivity index (χ2v) is 13.6. The smallest absolute Gasteiger partial charge is 0.497 e. The number of thiophene rings is 1. The number of ether oxygens (including phenoxy) is 1. The van der Waals surface area contributed by atoms with E-state index in [0.29, 0.717) is 41.9 Å². The van der Waals surface area contributed by atoms with Crippen molar-refractivity contribution in [3.63, 3.8) is 0 Å². The summed E-state index contributed by atoms with van der Waals surface area (Å²) in [6.07, 6.45) is 1.11. The van der Waals surface area contributed by atoms with Crippen molar-refractivity contribution in [2.75, 3.05) is 25.5 Å². The van der Waals surface area contributed by atoms with E-state index in [1.165, 1.54) is 29.1 Å². The molecule has 2 aromatic carbocycles. The van der Waals surface area contributed by atoms with Crippen molar-refractivity contribution in [1.82, 2.24) is 18.8 Å². The summed E-state index contributed by atoms with van der Waals surface area (Å²) in [4.78, 5) is 19.0. The van der Waals surface area contributed by atoms with Crippen LogP contribution in [0, 0.1) is 0 Å². The van der Waals surface area contributed by atoms with E-state index in [4.69, 9.17) is 4.74 Å². The summed E-state index contributed by atoms with van der Waals surface area (Å²) in [6.45, 7) is 5.00. The Kier molecular flexibility index (Phi) is 7.70. The van der Waals surface area contributed by atoms with Crippen LogP contribution in [0.15, 0.2) is 52.6 Å². The van der Waals surface area contributed by atoms with E-state index in [1.807, 2.05) is 13.8 Å². The molecular formula is C30H30F3N5O4S2. The minimum Gasteiger partial charge on any atom is -0.497 e. The van der Waals surface area contributed by atoms with Crippen LogP contribution < -0.4 is 20.9 Å². The van der Waals surface area contributed by atoms with Crippen LogP contribution in [0.1, 0.15) is 30.5 Å². The quantitative estimate of drug-likeness (QED) is 0.246. The molecule has 0 atom stereocenters. The second kappa shape index (κ2) is 11.2. The first kappa shape index (κ1) is 30.2. The number of nitrogens with zero attached hydrogens (tertiary/aromatic N) is 3. The van der Waals surface area contributed by atoms with Crippen molar-refractivity contribution in [1.29, 1.82) is 0 Å². The zero-order valence-electron chi connectivity index (χ0n) is 24.2. The average molecular weight is 646 g/mol. The molecule has 0 unspecified atom stereocenters. The maximum Gasteiger partial charge on any atom is 0.517 e. The zero-order valence-corrected chi connectivity index (χ0v) is 25.8. The summed E-state index contributed by atoms with van der Waals surface area (Å²) in [5.74, 6) is 0.0433. The number of alkyl halides is 3. The van der Waals surface area contributed by atoms with Gasteiger partial charge in [0, 0.05) is 6.04 Å². The topological polar surface area (TPSA) is 107 Å². The lowest BCUT2D eigenvalue weighted by molar-refractivity contribution is -0.0444. The van der Waals surface area contributed by atoms with Gasteiger partial charge in [0.05, 0.1) is 40.6 Å². The van der Waals surface area contributed by atoms with Crippen LogP contribution in [0.25, 0.3) is 32.6 Å². The molecule has 0 saturated heterocycles. The Morgan fingerprint density at radius 3 is 2.39 bits per heavy atom. The highest BCUT2D eigenvalue weighted by atomic mass is 32.2. The zero-order chi connectivity index (χ0) is 31.4. The monoisotopic (exact) mass is 645 g/mol. The molecule has 0 amide bonds. The Morgan fingerprint density at radius 1 is 1.07 bits per heavy atom. The number of fused-ring (bicyclic) bond motifs is 3. The van der Waals surface area contributed by atoms with Gasteiger partial charge in [0.15, 0.2) is 5.82 Å². The van der Waals surface area contributed by atoms with Crippen molar-refractivity contribution in [3.05, 3.63) is 74.9 Å². The van der Waals surface area contributed by atoms with Gasteiger partial charge in [-0.1, -0.05) is 12.1 Å². The minimum absolute atomic E-state index is 0.0661. The van der Waals surface area contributed by atoms with Crippen molar-refractivity contribution < 1.29 is 26.3 Å². The molecule has 0 spiro atoms. The molecule has 6 rings (SSSR count). The van der Waals surface area contributed by atoms with Gasteiger partial charge in [-0.2, -0.15) is 21.6 Å². The number of anilines is 1. The second-order valence-electron chi connectivity index (χ2n) is 10.9. The van der Waals surface area contributed by atoms with E-state index in [1.54, 1.807) is 41.8 Å². The molecule has 0 bridgehead atoms. The summed E-state index contributed by atoms with van der Waals surface area (Å²) in [7, 11) is -4.46. The molecule has 0 saturated carbocycles. The molecule has 3 aromatic heterocycles. The predicted octanol–water partition coefficient (Wildman–Crippen LogP) is 5.34. The van der Waals surface area contributed by atoms with Gasteiger partial charge in [-0.3, -0.25) is 4.79 Å². The van der Waals surface area contributed by atoms with E-state index < -0.39 is 26.9 Å². The van der Waals surface area contributed by atoms with E-state index in [-0.39, 0.29) is 38.8 Å². The Bertz CT molecular complexity index is 2050. The molecule has 14 heteroatoms. The Labute approximate surface area is 255 Å². The highest BCUT2D eigenvalue weighted by Crippen LogP contribution is 2.40. The normalized spacial score (nSPS) is 14.2. The molecule has 9 nitrogen and oxygen atoms in total. The highest BCUT2D eigenvalue weighted by molar-refractivity contribution is 7.91. The fourth-order valence-electron chi connectivity index (χ4n) is 5.60. The van der Waals surface area contributed by atoms with Gasteiger partial charge < -0.3 is 19.9 Å². The Hall–Kier alpha value is -3.88. The number of nitrogens with one attached hydrogen (secondary N) is 2. The SMILES string of the molecule is COc1ccc(Cn2c(=O)c(-c3nc4cc5c(cc4n3S(=O)(=O)C(F)(F)F)CCNCC5)c(NC(C)C)c3sccc32)cc1. The molecule has 4 heterocycles. The predicted molar refractivity (Wildman–Crippen MR) is 166 cm³/mol. The van der Waals surface area contributed by atoms with Gasteiger partial charge in [-0.05, 0) is 92.2 Å². The number of hydrogen-bond donors (Lipinski definition) is 2. The van der Waals surface area contributed by atoms with Crippen LogP contribution >= 0.6 is 11.3 Å². The third-order valence-corrected chi connectivity index (χ3v) is 9.99. The number of halogens is 3. The van der Waals surface area contributed by atoms with Crippen LogP contribution in [-0.4, -0.2) is 53.7 Å². The molecule has 0 fully saturated rings.